The predicted molar refractivity (Wildman–Crippen MR) is 108 cm³/mol. The second kappa shape index (κ2) is 6.34. The molecule has 0 saturated heterocycles. The Morgan fingerprint density at radius 1 is 1.07 bits per heavy atom. The van der Waals surface area contributed by atoms with Crippen LogP contribution in [0.2, 0.25) is 5.02 Å². The highest BCUT2D eigenvalue weighted by Gasteiger charge is 2.50. The third-order valence-electron chi connectivity index (χ3n) is 6.68. The Kier molecular flexibility index (Phi) is 4.02. The van der Waals surface area contributed by atoms with Crippen LogP contribution < -0.4 is 11.2 Å². The van der Waals surface area contributed by atoms with Crippen LogP contribution in [0.1, 0.15) is 44.1 Å². The summed E-state index contributed by atoms with van der Waals surface area (Å²) in [5.74, 6) is 1.81. The summed E-state index contributed by atoms with van der Waals surface area (Å²) in [6.07, 6.45) is 8.58. The van der Waals surface area contributed by atoms with E-state index in [1.807, 2.05) is 0 Å². The van der Waals surface area contributed by atoms with Crippen molar-refractivity contribution in [1.82, 2.24) is 9.55 Å². The van der Waals surface area contributed by atoms with Crippen molar-refractivity contribution >= 4 is 17.8 Å². The third kappa shape index (κ3) is 2.91. The molecule has 4 fully saturated rings. The Labute approximate surface area is 166 Å². The number of nitrogens with one attached hydrogen (secondary N) is 1. The van der Waals surface area contributed by atoms with Gasteiger partial charge in [0, 0.05) is 11.2 Å². The van der Waals surface area contributed by atoms with Gasteiger partial charge in [-0.3, -0.25) is 14.8 Å². The Balaban J connectivity index is 1.55. The van der Waals surface area contributed by atoms with Crippen molar-refractivity contribution in [3.8, 4) is 11.6 Å². The number of aromatic hydroxyl groups is 1. The first-order valence-electron chi connectivity index (χ1n) is 9.82. The van der Waals surface area contributed by atoms with Crippen LogP contribution in [0, 0.1) is 17.8 Å². The number of rotatable bonds is 3. The molecule has 7 heteroatoms. The number of aromatic amines is 1. The smallest absolute Gasteiger partial charge is 0.335 e. The average Bonchev–Trinajstić information content (AvgIpc) is 2.61. The molecule has 28 heavy (non-hydrogen) atoms. The van der Waals surface area contributed by atoms with Crippen molar-refractivity contribution in [3.05, 3.63) is 55.7 Å². The molecule has 2 aromatic rings. The molecule has 1 aromatic carbocycles. The van der Waals surface area contributed by atoms with Gasteiger partial charge in [-0.25, -0.2) is 9.36 Å². The van der Waals surface area contributed by atoms with Crippen molar-refractivity contribution in [2.45, 2.75) is 44.1 Å². The number of hydrogen-bond acceptors (Lipinski definition) is 4. The molecule has 0 atom stereocenters. The maximum Gasteiger partial charge on any atom is 0.335 e. The van der Waals surface area contributed by atoms with Gasteiger partial charge in [0.25, 0.3) is 5.56 Å². The largest absolute Gasteiger partial charge is 0.493 e. The van der Waals surface area contributed by atoms with Crippen molar-refractivity contribution < 1.29 is 5.11 Å². The molecule has 1 aromatic heterocycles. The van der Waals surface area contributed by atoms with E-state index in [1.165, 1.54) is 25.5 Å². The lowest BCUT2D eigenvalue weighted by Gasteiger charge is -2.54. The highest BCUT2D eigenvalue weighted by Crippen LogP contribution is 2.57. The Hall–Kier alpha value is -2.34. The van der Waals surface area contributed by atoms with E-state index >= 15 is 0 Å². The maximum atomic E-state index is 12.4. The third-order valence-corrected chi connectivity index (χ3v) is 6.93. The van der Waals surface area contributed by atoms with E-state index in [4.69, 9.17) is 16.6 Å². The van der Waals surface area contributed by atoms with Gasteiger partial charge in [-0.1, -0.05) is 11.6 Å². The molecular weight excluding hydrogens is 378 g/mol. The molecule has 4 saturated carbocycles. The summed E-state index contributed by atoms with van der Waals surface area (Å²) in [4.78, 5) is 31.8. The minimum absolute atomic E-state index is 0.0188. The molecular formula is C21H22ClN3O3. The van der Waals surface area contributed by atoms with E-state index in [2.05, 4.69) is 4.98 Å². The zero-order valence-electron chi connectivity index (χ0n) is 15.4. The second-order valence-corrected chi connectivity index (χ2v) is 9.14. The molecule has 4 aliphatic rings. The molecule has 4 aliphatic carbocycles. The van der Waals surface area contributed by atoms with E-state index in [0.29, 0.717) is 10.7 Å². The number of halogens is 1. The molecule has 4 bridgehead atoms. The number of hydrogen-bond donors (Lipinski definition) is 2. The Morgan fingerprint density at radius 3 is 2.21 bits per heavy atom. The summed E-state index contributed by atoms with van der Waals surface area (Å²) in [6, 6.07) is 6.47. The van der Waals surface area contributed by atoms with E-state index < -0.39 is 17.1 Å². The van der Waals surface area contributed by atoms with Crippen LogP contribution in [0.4, 0.5) is 0 Å². The topological polar surface area (TPSA) is 87.5 Å². The van der Waals surface area contributed by atoms with Crippen molar-refractivity contribution in [3.63, 3.8) is 0 Å². The van der Waals surface area contributed by atoms with Crippen LogP contribution in [0.15, 0.2) is 38.8 Å². The molecule has 0 spiro atoms. The number of benzene rings is 1. The summed E-state index contributed by atoms with van der Waals surface area (Å²) >= 11 is 5.91. The van der Waals surface area contributed by atoms with Gasteiger partial charge in [0.1, 0.15) is 5.56 Å². The van der Waals surface area contributed by atoms with Crippen molar-refractivity contribution in [2.75, 3.05) is 0 Å². The fourth-order valence-corrected chi connectivity index (χ4v) is 6.04. The first kappa shape index (κ1) is 17.7. The van der Waals surface area contributed by atoms with E-state index in [0.717, 1.165) is 41.6 Å². The zero-order valence-corrected chi connectivity index (χ0v) is 16.2. The molecule has 1 heterocycles. The summed E-state index contributed by atoms with van der Waals surface area (Å²) in [7, 11) is 0. The SMILES string of the molecule is O=c1[nH]c(=O)n(-c2ccc(Cl)cc2)c(O)c1C=NC12CC3CC(CC(C3)C1)C2. The van der Waals surface area contributed by atoms with Crippen LogP contribution in [0.3, 0.4) is 0 Å². The van der Waals surface area contributed by atoms with Gasteiger partial charge in [0.05, 0.1) is 11.2 Å². The minimum atomic E-state index is -0.697. The molecule has 2 N–H and O–H groups in total. The fraction of sp³-hybridized carbons (Fsp3) is 0.476. The van der Waals surface area contributed by atoms with Gasteiger partial charge in [-0.15, -0.1) is 0 Å². The van der Waals surface area contributed by atoms with E-state index in [9.17, 15) is 14.7 Å². The van der Waals surface area contributed by atoms with Crippen LogP contribution in [0.25, 0.3) is 5.69 Å². The number of nitrogens with zero attached hydrogens (tertiary/aromatic N) is 2. The number of aromatic nitrogens is 2. The summed E-state index contributed by atoms with van der Waals surface area (Å²) in [6.45, 7) is 0. The van der Waals surface area contributed by atoms with Gasteiger partial charge in [0.2, 0.25) is 5.88 Å². The van der Waals surface area contributed by atoms with Crippen LogP contribution >= 0.6 is 11.6 Å². The molecule has 0 amide bonds. The number of H-pyrrole nitrogens is 1. The minimum Gasteiger partial charge on any atom is -0.493 e. The molecule has 6 rings (SSSR count). The molecule has 146 valence electrons. The Bertz CT molecular complexity index is 1030. The molecule has 0 radical (unpaired) electrons. The highest BCUT2D eigenvalue weighted by molar-refractivity contribution is 6.30. The monoisotopic (exact) mass is 399 g/mol. The van der Waals surface area contributed by atoms with Crippen LogP contribution in [0.5, 0.6) is 5.88 Å². The first-order chi connectivity index (χ1) is 13.4. The lowest BCUT2D eigenvalue weighted by Crippen LogP contribution is -2.49. The summed E-state index contributed by atoms with van der Waals surface area (Å²) in [5, 5.41) is 11.2. The van der Waals surface area contributed by atoms with E-state index in [1.54, 1.807) is 24.3 Å². The fourth-order valence-electron chi connectivity index (χ4n) is 5.91. The van der Waals surface area contributed by atoms with Crippen LogP contribution in [-0.2, 0) is 0 Å². The standard InChI is InChI=1S/C21H22ClN3O3/c22-15-1-3-16(4-2-15)25-19(27)17(18(26)24-20(25)28)11-23-21-8-12-5-13(9-21)7-14(6-12)10-21/h1-4,11-14,27H,5-10H2,(H,24,26,28). The van der Waals surface area contributed by atoms with Gasteiger partial charge in [-0.2, -0.15) is 0 Å². The quantitative estimate of drug-likeness (QED) is 0.776. The van der Waals surface area contributed by atoms with E-state index in [-0.39, 0.29) is 11.1 Å². The van der Waals surface area contributed by atoms with Crippen LogP contribution in [-0.4, -0.2) is 26.4 Å². The lowest BCUT2D eigenvalue weighted by atomic mass is 9.53. The lowest BCUT2D eigenvalue weighted by molar-refractivity contribution is 0.00194. The molecule has 0 aliphatic heterocycles. The van der Waals surface area contributed by atoms with Gasteiger partial charge in [0.15, 0.2) is 0 Å². The van der Waals surface area contributed by atoms with Crippen molar-refractivity contribution in [1.29, 1.82) is 0 Å². The zero-order chi connectivity index (χ0) is 19.5. The summed E-state index contributed by atoms with van der Waals surface area (Å²) in [5.41, 5.74) is -0.995. The average molecular weight is 400 g/mol. The van der Waals surface area contributed by atoms with Gasteiger partial charge in [-0.05, 0) is 80.5 Å². The normalized spacial score (nSPS) is 31.0. The highest BCUT2D eigenvalue weighted by atomic mass is 35.5. The van der Waals surface area contributed by atoms with Gasteiger partial charge >= 0.3 is 5.69 Å². The maximum absolute atomic E-state index is 12.4. The predicted octanol–water partition coefficient (Wildman–Crippen LogP) is 3.27. The first-order valence-corrected chi connectivity index (χ1v) is 10.2. The second-order valence-electron chi connectivity index (χ2n) is 8.71. The molecule has 6 nitrogen and oxygen atoms in total. The Morgan fingerprint density at radius 2 is 1.64 bits per heavy atom. The summed E-state index contributed by atoms with van der Waals surface area (Å²) < 4.78 is 1.07. The van der Waals surface area contributed by atoms with Gasteiger partial charge < -0.3 is 5.11 Å². The molecule has 0 unspecified atom stereocenters. The van der Waals surface area contributed by atoms with Crippen molar-refractivity contribution in [2.24, 2.45) is 22.7 Å². The number of aliphatic imine (C=N–C) groups is 1.